The highest BCUT2D eigenvalue weighted by atomic mass is 35.5. The summed E-state index contributed by atoms with van der Waals surface area (Å²) in [6, 6.07) is 3.70. The molecule has 0 radical (unpaired) electrons. The van der Waals surface area contributed by atoms with Gasteiger partial charge in [-0.2, -0.15) is 0 Å². The quantitative estimate of drug-likeness (QED) is 0.464. The Hall–Kier alpha value is -2.59. The van der Waals surface area contributed by atoms with Crippen LogP contribution in [0.2, 0.25) is 10.0 Å². The van der Waals surface area contributed by atoms with Crippen molar-refractivity contribution in [1.29, 1.82) is 0 Å². The fourth-order valence-corrected chi connectivity index (χ4v) is 4.64. The minimum Gasteiger partial charge on any atom is -0.495 e. The van der Waals surface area contributed by atoms with Crippen LogP contribution in [0.25, 0.3) is 22.2 Å². The molecule has 0 saturated carbocycles. The van der Waals surface area contributed by atoms with Gasteiger partial charge in [-0.1, -0.05) is 23.2 Å². The van der Waals surface area contributed by atoms with Crippen molar-refractivity contribution in [3.63, 3.8) is 0 Å². The highest BCUT2D eigenvalue weighted by molar-refractivity contribution is 6.41. The van der Waals surface area contributed by atoms with Gasteiger partial charge in [0.15, 0.2) is 5.82 Å². The molecule has 2 saturated heterocycles. The lowest BCUT2D eigenvalue weighted by atomic mass is 10.1. The third-order valence-electron chi connectivity index (χ3n) is 5.92. The number of rotatable bonds is 8. The van der Waals surface area contributed by atoms with Gasteiger partial charge in [0.2, 0.25) is 5.95 Å². The molecule has 0 unspecified atom stereocenters. The van der Waals surface area contributed by atoms with E-state index in [0.29, 0.717) is 69.2 Å². The molecule has 1 aromatic carbocycles. The van der Waals surface area contributed by atoms with Crippen molar-refractivity contribution < 1.29 is 18.9 Å². The molecular formula is C23H25Cl2N5O4. The van der Waals surface area contributed by atoms with Crippen LogP contribution in [0.15, 0.2) is 18.3 Å². The van der Waals surface area contributed by atoms with Crippen LogP contribution in [-0.2, 0) is 9.47 Å². The number of hydrogen-bond donors (Lipinski definition) is 2. The maximum atomic E-state index is 6.67. The van der Waals surface area contributed by atoms with E-state index in [1.54, 1.807) is 12.3 Å². The zero-order chi connectivity index (χ0) is 23.7. The number of hydrogen-bond acceptors (Lipinski definition) is 9. The molecule has 2 fully saturated rings. The summed E-state index contributed by atoms with van der Waals surface area (Å²) in [6.07, 6.45) is 2.68. The number of benzene rings is 1. The van der Waals surface area contributed by atoms with E-state index in [2.05, 4.69) is 15.6 Å². The summed E-state index contributed by atoms with van der Waals surface area (Å²) in [5.74, 6) is 2.44. The number of nitrogens with one attached hydrogen (secondary N) is 2. The van der Waals surface area contributed by atoms with E-state index in [1.165, 1.54) is 14.2 Å². The van der Waals surface area contributed by atoms with Gasteiger partial charge in [0, 0.05) is 42.3 Å². The van der Waals surface area contributed by atoms with Gasteiger partial charge in [0.05, 0.1) is 55.8 Å². The zero-order valence-electron chi connectivity index (χ0n) is 18.9. The highest BCUT2D eigenvalue weighted by Gasteiger charge is 2.23. The van der Waals surface area contributed by atoms with E-state index < -0.39 is 0 Å². The summed E-state index contributed by atoms with van der Waals surface area (Å²) >= 11 is 13.3. The van der Waals surface area contributed by atoms with E-state index in [4.69, 9.17) is 52.1 Å². The first-order valence-electron chi connectivity index (χ1n) is 11.0. The maximum Gasteiger partial charge on any atom is 0.223 e. The average Bonchev–Trinajstić information content (AvgIpc) is 3.31. The van der Waals surface area contributed by atoms with Crippen molar-refractivity contribution >= 4 is 45.9 Å². The Bertz CT molecular complexity index is 1170. The molecule has 0 amide bonds. The van der Waals surface area contributed by atoms with Crippen molar-refractivity contribution in [2.24, 2.45) is 5.92 Å². The average molecular weight is 506 g/mol. The van der Waals surface area contributed by atoms with E-state index in [9.17, 15) is 0 Å². The molecule has 34 heavy (non-hydrogen) atoms. The molecule has 2 aliphatic rings. The molecule has 1 atom stereocenters. The molecule has 5 rings (SSSR count). The van der Waals surface area contributed by atoms with Crippen LogP contribution in [-0.4, -0.2) is 68.2 Å². The number of pyridine rings is 1. The van der Waals surface area contributed by atoms with Gasteiger partial charge in [0.25, 0.3) is 0 Å². The Balaban J connectivity index is 1.60. The molecule has 2 aliphatic heterocycles. The van der Waals surface area contributed by atoms with Crippen LogP contribution in [0, 0.1) is 5.92 Å². The number of methoxy groups -OCH3 is 2. The normalized spacial score (nSPS) is 18.1. The van der Waals surface area contributed by atoms with E-state index >= 15 is 0 Å². The molecule has 2 N–H and O–H groups in total. The predicted octanol–water partition coefficient (Wildman–Crippen LogP) is 4.27. The molecule has 0 spiro atoms. The summed E-state index contributed by atoms with van der Waals surface area (Å²) < 4.78 is 21.6. The van der Waals surface area contributed by atoms with Crippen molar-refractivity contribution in [2.45, 2.75) is 12.5 Å². The second-order valence-corrected chi connectivity index (χ2v) is 9.02. The Kier molecular flexibility index (Phi) is 6.78. The molecule has 2 aromatic heterocycles. The summed E-state index contributed by atoms with van der Waals surface area (Å²) in [6.45, 7) is 3.52. The van der Waals surface area contributed by atoms with Crippen molar-refractivity contribution in [1.82, 2.24) is 15.0 Å². The van der Waals surface area contributed by atoms with Crippen molar-refractivity contribution in [2.75, 3.05) is 57.8 Å². The molecule has 11 heteroatoms. The molecule has 0 aliphatic carbocycles. The first-order valence-corrected chi connectivity index (χ1v) is 11.8. The van der Waals surface area contributed by atoms with Crippen LogP contribution in [0.3, 0.4) is 0 Å². The van der Waals surface area contributed by atoms with Gasteiger partial charge in [-0.3, -0.25) is 0 Å². The van der Waals surface area contributed by atoms with E-state index in [-0.39, 0.29) is 6.04 Å². The summed E-state index contributed by atoms with van der Waals surface area (Å²) in [7, 11) is 3.08. The Morgan fingerprint density at radius 1 is 1.03 bits per heavy atom. The second kappa shape index (κ2) is 9.95. The first-order chi connectivity index (χ1) is 16.6. The lowest BCUT2D eigenvalue weighted by molar-refractivity contribution is -0.0248. The molecular weight excluding hydrogens is 481 g/mol. The Morgan fingerprint density at radius 3 is 2.41 bits per heavy atom. The minimum atomic E-state index is 0.190. The number of anilines is 2. The SMILES string of the molecule is COc1cc(OC)c(Cl)c(-c2cc3cnc(N[C@H]4CCOC4)nc3c(NCC3COC3)n2)c1Cl. The number of ether oxygens (including phenoxy) is 4. The fraction of sp³-hybridized carbons (Fsp3) is 0.435. The van der Waals surface area contributed by atoms with Crippen molar-refractivity contribution in [3.8, 4) is 22.8 Å². The lowest BCUT2D eigenvalue weighted by Gasteiger charge is -2.26. The van der Waals surface area contributed by atoms with Crippen LogP contribution in [0.5, 0.6) is 11.5 Å². The highest BCUT2D eigenvalue weighted by Crippen LogP contribution is 2.46. The Morgan fingerprint density at radius 2 is 1.79 bits per heavy atom. The lowest BCUT2D eigenvalue weighted by Crippen LogP contribution is -2.33. The smallest absolute Gasteiger partial charge is 0.223 e. The fourth-order valence-electron chi connectivity index (χ4n) is 3.95. The van der Waals surface area contributed by atoms with Gasteiger partial charge in [0.1, 0.15) is 17.0 Å². The number of halogens is 2. The van der Waals surface area contributed by atoms with Crippen molar-refractivity contribution in [3.05, 3.63) is 28.4 Å². The van der Waals surface area contributed by atoms with Gasteiger partial charge in [-0.05, 0) is 12.5 Å². The van der Waals surface area contributed by atoms with Gasteiger partial charge < -0.3 is 29.6 Å². The number of aromatic nitrogens is 3. The number of fused-ring (bicyclic) bond motifs is 1. The van der Waals surface area contributed by atoms with Crippen LogP contribution in [0.4, 0.5) is 11.8 Å². The molecule has 4 heterocycles. The van der Waals surface area contributed by atoms with Crippen LogP contribution < -0.4 is 20.1 Å². The first kappa shape index (κ1) is 23.2. The van der Waals surface area contributed by atoms with Crippen LogP contribution >= 0.6 is 23.2 Å². The monoisotopic (exact) mass is 505 g/mol. The zero-order valence-corrected chi connectivity index (χ0v) is 20.4. The largest absolute Gasteiger partial charge is 0.495 e. The van der Waals surface area contributed by atoms with Gasteiger partial charge >= 0.3 is 0 Å². The predicted molar refractivity (Wildman–Crippen MR) is 132 cm³/mol. The van der Waals surface area contributed by atoms with E-state index in [1.807, 2.05) is 6.07 Å². The Labute approximate surface area is 207 Å². The maximum absolute atomic E-state index is 6.67. The van der Waals surface area contributed by atoms with Crippen LogP contribution in [0.1, 0.15) is 6.42 Å². The number of nitrogens with zero attached hydrogens (tertiary/aromatic N) is 3. The molecule has 180 valence electrons. The van der Waals surface area contributed by atoms with E-state index in [0.717, 1.165) is 31.6 Å². The van der Waals surface area contributed by atoms with Gasteiger partial charge in [-0.25, -0.2) is 15.0 Å². The molecule has 3 aromatic rings. The summed E-state index contributed by atoms with van der Waals surface area (Å²) in [5.41, 5.74) is 1.77. The summed E-state index contributed by atoms with van der Waals surface area (Å²) in [5, 5.41) is 8.26. The molecule has 0 bridgehead atoms. The third kappa shape index (κ3) is 4.53. The summed E-state index contributed by atoms with van der Waals surface area (Å²) in [4.78, 5) is 14.1. The third-order valence-corrected chi connectivity index (χ3v) is 6.67. The standard InChI is InChI=1S/C23H25Cl2N5O4/c1-31-16-6-17(32-2)20(25)18(19(16)24)15-5-13-8-27-23(28-14-3-4-33-11-14)30-21(13)22(29-15)26-7-12-9-34-10-12/h5-6,8,12,14H,3-4,7,9-11H2,1-2H3,(H,26,29)(H,27,28,30)/t14-/m0/s1. The van der Waals surface area contributed by atoms with Gasteiger partial charge in [-0.15, -0.1) is 0 Å². The minimum absolute atomic E-state index is 0.190. The molecule has 9 nitrogen and oxygen atoms in total. The second-order valence-electron chi connectivity index (χ2n) is 8.26. The topological polar surface area (TPSA) is 99.7 Å².